The van der Waals surface area contributed by atoms with Crippen molar-refractivity contribution >= 4 is 21.7 Å². The van der Waals surface area contributed by atoms with E-state index in [0.29, 0.717) is 6.42 Å². The molecule has 3 heteroatoms. The molecular weight excluding hydrogens is 184 g/mol. The molecule has 0 aromatic rings. The minimum Gasteiger partial charge on any atom is -0.373 e. The van der Waals surface area contributed by atoms with Crippen LogP contribution in [0, 0.1) is 0 Å². The zero-order valence-electron chi connectivity index (χ0n) is 5.26. The maximum absolute atomic E-state index is 10.9. The maximum atomic E-state index is 10.9. The Morgan fingerprint density at radius 2 is 2.44 bits per heavy atom. The summed E-state index contributed by atoms with van der Waals surface area (Å²) in [5.74, 6) is 0.222. The molecule has 1 fully saturated rings. The van der Waals surface area contributed by atoms with Gasteiger partial charge in [0.25, 0.3) is 0 Å². The molecule has 52 valence electrons. The molecule has 1 rings (SSSR count). The Balaban J connectivity index is 2.55. The number of hydrogen-bond acceptors (Lipinski definition) is 2. The third kappa shape index (κ3) is 1.33. The van der Waals surface area contributed by atoms with Crippen LogP contribution in [0.1, 0.15) is 12.8 Å². The van der Waals surface area contributed by atoms with Crippen LogP contribution in [0.25, 0.3) is 0 Å². The largest absolute Gasteiger partial charge is 0.373 e. The van der Waals surface area contributed by atoms with Crippen molar-refractivity contribution in [3.63, 3.8) is 0 Å². The van der Waals surface area contributed by atoms with Gasteiger partial charge in [-0.25, -0.2) is 0 Å². The molecule has 0 spiro atoms. The zero-order valence-corrected chi connectivity index (χ0v) is 6.85. The summed E-state index contributed by atoms with van der Waals surface area (Å²) in [6, 6.07) is 0. The minimum absolute atomic E-state index is 0.190. The van der Waals surface area contributed by atoms with E-state index in [2.05, 4.69) is 15.9 Å². The van der Waals surface area contributed by atoms with E-state index in [1.807, 2.05) is 0 Å². The van der Waals surface area contributed by atoms with Gasteiger partial charge in [-0.3, -0.25) is 4.79 Å². The van der Waals surface area contributed by atoms with E-state index in [9.17, 15) is 4.79 Å². The highest BCUT2D eigenvalue weighted by Crippen LogP contribution is 2.24. The number of ether oxygens (including phenoxy) is 1. The molecule has 0 aliphatic heterocycles. The monoisotopic (exact) mass is 192 g/mol. The van der Waals surface area contributed by atoms with Crippen molar-refractivity contribution in [2.45, 2.75) is 23.8 Å². The first-order valence-electron chi connectivity index (χ1n) is 2.95. The number of methoxy groups -OCH3 is 1. The van der Waals surface area contributed by atoms with Crippen LogP contribution in [0.4, 0.5) is 0 Å². The summed E-state index contributed by atoms with van der Waals surface area (Å²) >= 11 is 3.36. The van der Waals surface area contributed by atoms with E-state index < -0.39 is 0 Å². The number of carbonyl (C=O) groups excluding carboxylic acids is 1. The van der Waals surface area contributed by atoms with E-state index in [0.717, 1.165) is 6.42 Å². The lowest BCUT2D eigenvalue weighted by Crippen LogP contribution is -2.23. The summed E-state index contributed by atoms with van der Waals surface area (Å²) in [6.07, 6.45) is 1.39. The van der Waals surface area contributed by atoms with Crippen molar-refractivity contribution in [2.24, 2.45) is 0 Å². The van der Waals surface area contributed by atoms with Crippen LogP contribution in [-0.4, -0.2) is 23.8 Å². The first kappa shape index (κ1) is 7.22. The van der Waals surface area contributed by atoms with E-state index in [-0.39, 0.29) is 16.7 Å². The molecule has 0 aromatic heterocycles. The van der Waals surface area contributed by atoms with Crippen LogP contribution in [0.3, 0.4) is 0 Å². The van der Waals surface area contributed by atoms with Gasteiger partial charge in [0.2, 0.25) is 0 Å². The van der Waals surface area contributed by atoms with Gasteiger partial charge in [-0.2, -0.15) is 0 Å². The Kier molecular flexibility index (Phi) is 2.24. The van der Waals surface area contributed by atoms with Crippen molar-refractivity contribution < 1.29 is 9.53 Å². The van der Waals surface area contributed by atoms with Crippen LogP contribution in [0.15, 0.2) is 0 Å². The summed E-state index contributed by atoms with van der Waals surface area (Å²) < 4.78 is 4.94. The van der Waals surface area contributed by atoms with Crippen molar-refractivity contribution in [2.75, 3.05) is 7.11 Å². The Morgan fingerprint density at radius 1 is 1.78 bits per heavy atom. The Labute approximate surface area is 62.7 Å². The fraction of sp³-hybridized carbons (Fsp3) is 0.833. The molecule has 2 nitrogen and oxygen atoms in total. The second-order valence-corrected chi connectivity index (χ2v) is 3.35. The standard InChI is InChI=1S/C6H9BrO2/c1-9-6-4(7)2-3-5(6)8/h4,6H,2-3H2,1H3. The van der Waals surface area contributed by atoms with Crippen molar-refractivity contribution in [3.8, 4) is 0 Å². The van der Waals surface area contributed by atoms with Gasteiger partial charge in [0.05, 0.1) is 0 Å². The molecule has 0 N–H and O–H groups in total. The Bertz CT molecular complexity index is 124. The SMILES string of the molecule is COC1C(=O)CCC1Br. The molecule has 0 aromatic carbocycles. The topological polar surface area (TPSA) is 26.3 Å². The van der Waals surface area contributed by atoms with Crippen molar-refractivity contribution in [1.29, 1.82) is 0 Å². The second kappa shape index (κ2) is 2.80. The van der Waals surface area contributed by atoms with Gasteiger partial charge in [-0.15, -0.1) is 0 Å². The van der Waals surface area contributed by atoms with Gasteiger partial charge < -0.3 is 4.74 Å². The molecular formula is C6H9BrO2. The highest BCUT2D eigenvalue weighted by atomic mass is 79.9. The van der Waals surface area contributed by atoms with Gasteiger partial charge in [0.1, 0.15) is 6.10 Å². The number of halogens is 1. The molecule has 1 saturated carbocycles. The molecule has 1 aliphatic rings. The van der Waals surface area contributed by atoms with Crippen LogP contribution < -0.4 is 0 Å². The van der Waals surface area contributed by atoms with Gasteiger partial charge in [-0.1, -0.05) is 15.9 Å². The number of hydrogen-bond donors (Lipinski definition) is 0. The highest BCUT2D eigenvalue weighted by Gasteiger charge is 2.32. The molecule has 9 heavy (non-hydrogen) atoms. The smallest absolute Gasteiger partial charge is 0.162 e. The average molecular weight is 193 g/mol. The number of rotatable bonds is 1. The lowest BCUT2D eigenvalue weighted by atomic mass is 10.3. The van der Waals surface area contributed by atoms with Gasteiger partial charge in [-0.05, 0) is 6.42 Å². The lowest BCUT2D eigenvalue weighted by Gasteiger charge is -2.08. The molecule has 0 radical (unpaired) electrons. The van der Waals surface area contributed by atoms with E-state index >= 15 is 0 Å². The summed E-state index contributed by atoms with van der Waals surface area (Å²) in [7, 11) is 1.57. The summed E-state index contributed by atoms with van der Waals surface area (Å²) in [6.45, 7) is 0. The lowest BCUT2D eigenvalue weighted by molar-refractivity contribution is -0.125. The predicted octanol–water partition coefficient (Wildman–Crippen LogP) is 1.13. The third-order valence-corrected chi connectivity index (χ3v) is 2.50. The van der Waals surface area contributed by atoms with Crippen molar-refractivity contribution in [3.05, 3.63) is 0 Å². The molecule has 0 amide bonds. The van der Waals surface area contributed by atoms with Crippen molar-refractivity contribution in [1.82, 2.24) is 0 Å². The van der Waals surface area contributed by atoms with Gasteiger partial charge in [0, 0.05) is 18.4 Å². The third-order valence-electron chi connectivity index (χ3n) is 1.57. The molecule has 2 unspecified atom stereocenters. The number of ketones is 1. The van der Waals surface area contributed by atoms with Crippen LogP contribution in [0.2, 0.25) is 0 Å². The average Bonchev–Trinajstić information content (AvgIpc) is 2.12. The first-order chi connectivity index (χ1) is 4.25. The number of Topliss-reactive ketones (excluding diaryl/α,β-unsaturated/α-hetero) is 1. The summed E-state index contributed by atoms with van der Waals surface area (Å²) in [5.41, 5.74) is 0. The fourth-order valence-corrected chi connectivity index (χ4v) is 1.79. The van der Waals surface area contributed by atoms with Crippen LogP contribution >= 0.6 is 15.9 Å². The second-order valence-electron chi connectivity index (χ2n) is 2.18. The first-order valence-corrected chi connectivity index (χ1v) is 3.87. The summed E-state index contributed by atoms with van der Waals surface area (Å²) in [4.78, 5) is 11.1. The predicted molar refractivity (Wildman–Crippen MR) is 37.8 cm³/mol. The van der Waals surface area contributed by atoms with E-state index in [1.165, 1.54) is 0 Å². The van der Waals surface area contributed by atoms with E-state index in [1.54, 1.807) is 7.11 Å². The van der Waals surface area contributed by atoms with Gasteiger partial charge >= 0.3 is 0 Å². The molecule has 0 heterocycles. The Morgan fingerprint density at radius 3 is 2.67 bits per heavy atom. The highest BCUT2D eigenvalue weighted by molar-refractivity contribution is 9.09. The molecule has 0 saturated heterocycles. The fourth-order valence-electron chi connectivity index (χ4n) is 1.05. The maximum Gasteiger partial charge on any atom is 0.162 e. The quantitative estimate of drug-likeness (QED) is 0.583. The zero-order chi connectivity index (χ0) is 6.85. The molecule has 0 bridgehead atoms. The van der Waals surface area contributed by atoms with Crippen LogP contribution in [-0.2, 0) is 9.53 Å². The normalized spacial score (nSPS) is 35.6. The molecule has 2 atom stereocenters. The summed E-state index contributed by atoms with van der Waals surface area (Å²) in [5, 5.41) is 0. The Hall–Kier alpha value is 0.110. The van der Waals surface area contributed by atoms with Crippen LogP contribution in [0.5, 0.6) is 0 Å². The number of alkyl halides is 1. The van der Waals surface area contributed by atoms with Gasteiger partial charge in [0.15, 0.2) is 5.78 Å². The number of carbonyl (C=O) groups is 1. The van der Waals surface area contributed by atoms with E-state index in [4.69, 9.17) is 4.74 Å². The molecule has 1 aliphatic carbocycles. The minimum atomic E-state index is -0.190.